The van der Waals surface area contributed by atoms with E-state index in [9.17, 15) is 4.79 Å². The molecule has 0 spiro atoms. The number of rotatable bonds is 3. The third-order valence-electron chi connectivity index (χ3n) is 2.22. The second kappa shape index (κ2) is 4.33. The molecule has 0 radical (unpaired) electrons. The molecule has 80 valence electrons. The highest BCUT2D eigenvalue weighted by molar-refractivity contribution is 9.10. The number of halogens is 1. The van der Waals surface area contributed by atoms with Crippen LogP contribution in [0, 0.1) is 0 Å². The van der Waals surface area contributed by atoms with Crippen LogP contribution in [0.1, 0.15) is 17.3 Å². The molecule has 4 heteroatoms. The van der Waals surface area contributed by atoms with Crippen molar-refractivity contribution in [3.05, 3.63) is 28.2 Å². The zero-order valence-electron chi connectivity index (χ0n) is 8.33. The van der Waals surface area contributed by atoms with Gasteiger partial charge in [-0.05, 0) is 25.1 Å². The fraction of sp³-hybridized carbons (Fsp3) is 0.364. The van der Waals surface area contributed by atoms with Crippen molar-refractivity contribution in [2.45, 2.75) is 13.0 Å². The minimum Gasteiger partial charge on any atom is -0.485 e. The lowest BCUT2D eigenvalue weighted by Crippen LogP contribution is -2.38. The van der Waals surface area contributed by atoms with Crippen molar-refractivity contribution in [3.8, 4) is 5.75 Å². The van der Waals surface area contributed by atoms with E-state index in [-0.39, 0.29) is 11.9 Å². The minimum atomic E-state index is 0.00606. The lowest BCUT2D eigenvalue weighted by molar-refractivity contribution is -0.0798. The number of hydrogen-bond donors (Lipinski definition) is 0. The van der Waals surface area contributed by atoms with E-state index in [0.29, 0.717) is 24.5 Å². The van der Waals surface area contributed by atoms with E-state index in [2.05, 4.69) is 15.9 Å². The number of carbonyl (C=O) groups excluding carboxylic acids is 1. The highest BCUT2D eigenvalue weighted by Crippen LogP contribution is 2.25. The molecule has 0 aliphatic carbocycles. The van der Waals surface area contributed by atoms with E-state index in [0.717, 1.165) is 4.47 Å². The molecule has 1 saturated heterocycles. The summed E-state index contributed by atoms with van der Waals surface area (Å²) in [6, 6.07) is 5.44. The number of ketones is 1. The van der Waals surface area contributed by atoms with E-state index < -0.39 is 0 Å². The highest BCUT2D eigenvalue weighted by Gasteiger charge is 2.22. The summed E-state index contributed by atoms with van der Waals surface area (Å²) in [4.78, 5) is 11.4. The summed E-state index contributed by atoms with van der Waals surface area (Å²) in [6.07, 6.45) is 0.0873. The second-order valence-electron chi connectivity index (χ2n) is 3.47. The van der Waals surface area contributed by atoms with E-state index in [1.165, 1.54) is 6.92 Å². The van der Waals surface area contributed by atoms with Crippen LogP contribution in [0.4, 0.5) is 0 Å². The van der Waals surface area contributed by atoms with Gasteiger partial charge in [-0.25, -0.2) is 0 Å². The van der Waals surface area contributed by atoms with Gasteiger partial charge in [-0.3, -0.25) is 4.79 Å². The predicted octanol–water partition coefficient (Wildman–Crippen LogP) is 2.43. The summed E-state index contributed by atoms with van der Waals surface area (Å²) in [5.74, 6) is 0.644. The van der Waals surface area contributed by atoms with Crippen LogP contribution in [0.3, 0.4) is 0 Å². The zero-order valence-corrected chi connectivity index (χ0v) is 9.91. The first-order chi connectivity index (χ1) is 7.16. The summed E-state index contributed by atoms with van der Waals surface area (Å²) in [7, 11) is 0. The van der Waals surface area contributed by atoms with Gasteiger partial charge in [-0.2, -0.15) is 0 Å². The second-order valence-corrected chi connectivity index (χ2v) is 4.39. The summed E-state index contributed by atoms with van der Waals surface area (Å²) in [5.41, 5.74) is 0.608. The predicted molar refractivity (Wildman–Crippen MR) is 59.4 cm³/mol. The normalized spacial score (nSPS) is 15.9. The van der Waals surface area contributed by atoms with Crippen LogP contribution in [-0.4, -0.2) is 25.1 Å². The number of benzene rings is 1. The third-order valence-corrected chi connectivity index (χ3v) is 2.72. The molecule has 1 aromatic rings. The quantitative estimate of drug-likeness (QED) is 0.792. The minimum absolute atomic E-state index is 0.00606. The fourth-order valence-corrected chi connectivity index (χ4v) is 1.70. The number of Topliss-reactive ketones (excluding diaryl/α,β-unsaturated/α-hetero) is 1. The smallest absolute Gasteiger partial charge is 0.163 e. The average molecular weight is 271 g/mol. The van der Waals surface area contributed by atoms with Crippen LogP contribution < -0.4 is 4.74 Å². The largest absolute Gasteiger partial charge is 0.485 e. The van der Waals surface area contributed by atoms with Gasteiger partial charge >= 0.3 is 0 Å². The monoisotopic (exact) mass is 270 g/mol. The lowest BCUT2D eigenvalue weighted by Gasteiger charge is -2.27. The van der Waals surface area contributed by atoms with Crippen LogP contribution in [0.2, 0.25) is 0 Å². The Labute approximate surface area is 96.5 Å². The van der Waals surface area contributed by atoms with Crippen molar-refractivity contribution >= 4 is 21.7 Å². The Hall–Kier alpha value is -0.870. The van der Waals surface area contributed by atoms with Crippen LogP contribution in [0.25, 0.3) is 0 Å². The van der Waals surface area contributed by atoms with E-state index in [1.54, 1.807) is 12.1 Å². The lowest BCUT2D eigenvalue weighted by atomic mass is 10.1. The molecule has 1 aromatic carbocycles. The van der Waals surface area contributed by atoms with Crippen LogP contribution in [-0.2, 0) is 4.74 Å². The molecule has 0 aromatic heterocycles. The van der Waals surface area contributed by atoms with Crippen molar-refractivity contribution in [2.24, 2.45) is 0 Å². The van der Waals surface area contributed by atoms with Gasteiger partial charge in [0.15, 0.2) is 5.78 Å². The molecule has 0 bridgehead atoms. The standard InChI is InChI=1S/C11H11BrO3/c1-7(13)10-4-8(12)2-3-11(10)15-9-5-14-6-9/h2-4,9H,5-6H2,1H3. The SMILES string of the molecule is CC(=O)c1cc(Br)ccc1OC1COC1. The molecule has 1 heterocycles. The molecule has 15 heavy (non-hydrogen) atoms. The van der Waals surface area contributed by atoms with Gasteiger partial charge < -0.3 is 9.47 Å². The average Bonchev–Trinajstić information content (AvgIpc) is 2.12. The molecule has 1 aliphatic heterocycles. The maximum absolute atomic E-state index is 11.4. The fourth-order valence-electron chi connectivity index (χ4n) is 1.34. The maximum Gasteiger partial charge on any atom is 0.163 e. The molecular formula is C11H11BrO3. The zero-order chi connectivity index (χ0) is 10.8. The van der Waals surface area contributed by atoms with Crippen LogP contribution in [0.15, 0.2) is 22.7 Å². The van der Waals surface area contributed by atoms with Gasteiger partial charge in [0.25, 0.3) is 0 Å². The molecule has 0 saturated carbocycles. The topological polar surface area (TPSA) is 35.5 Å². The first kappa shape index (κ1) is 10.6. The summed E-state index contributed by atoms with van der Waals surface area (Å²) in [6.45, 7) is 2.74. The highest BCUT2D eigenvalue weighted by atomic mass is 79.9. The van der Waals surface area contributed by atoms with E-state index in [1.807, 2.05) is 6.07 Å². The van der Waals surface area contributed by atoms with Gasteiger partial charge in [0.1, 0.15) is 11.9 Å². The van der Waals surface area contributed by atoms with Crippen molar-refractivity contribution in [3.63, 3.8) is 0 Å². The third kappa shape index (κ3) is 2.38. The van der Waals surface area contributed by atoms with E-state index >= 15 is 0 Å². The molecular weight excluding hydrogens is 260 g/mol. The van der Waals surface area contributed by atoms with Crippen molar-refractivity contribution in [2.75, 3.05) is 13.2 Å². The molecule has 0 N–H and O–H groups in total. The summed E-state index contributed by atoms with van der Waals surface area (Å²) in [5, 5.41) is 0. The molecule has 1 fully saturated rings. The van der Waals surface area contributed by atoms with Crippen LogP contribution in [0.5, 0.6) is 5.75 Å². The van der Waals surface area contributed by atoms with Gasteiger partial charge in [-0.15, -0.1) is 0 Å². The molecule has 3 nitrogen and oxygen atoms in total. The Morgan fingerprint density at radius 3 is 2.80 bits per heavy atom. The number of hydrogen-bond acceptors (Lipinski definition) is 3. The molecule has 0 unspecified atom stereocenters. The Morgan fingerprint density at radius 1 is 1.53 bits per heavy atom. The Kier molecular flexibility index (Phi) is 3.07. The Morgan fingerprint density at radius 2 is 2.27 bits per heavy atom. The van der Waals surface area contributed by atoms with Crippen molar-refractivity contribution in [1.82, 2.24) is 0 Å². The van der Waals surface area contributed by atoms with Gasteiger partial charge in [0.05, 0.1) is 18.8 Å². The summed E-state index contributed by atoms with van der Waals surface area (Å²) < 4.78 is 11.5. The Balaban J connectivity index is 2.23. The van der Waals surface area contributed by atoms with E-state index in [4.69, 9.17) is 9.47 Å². The van der Waals surface area contributed by atoms with Gasteiger partial charge in [0.2, 0.25) is 0 Å². The van der Waals surface area contributed by atoms with Gasteiger partial charge in [0, 0.05) is 4.47 Å². The van der Waals surface area contributed by atoms with Crippen molar-refractivity contribution < 1.29 is 14.3 Å². The van der Waals surface area contributed by atoms with Crippen molar-refractivity contribution in [1.29, 1.82) is 0 Å². The maximum atomic E-state index is 11.4. The molecule has 1 aliphatic rings. The first-order valence-corrected chi connectivity index (χ1v) is 5.51. The summed E-state index contributed by atoms with van der Waals surface area (Å²) >= 11 is 3.33. The van der Waals surface area contributed by atoms with Gasteiger partial charge in [-0.1, -0.05) is 15.9 Å². The Bertz CT molecular complexity index is 385. The molecule has 0 atom stereocenters. The van der Waals surface area contributed by atoms with Crippen LogP contribution >= 0.6 is 15.9 Å². The number of carbonyl (C=O) groups is 1. The molecule has 0 amide bonds. The first-order valence-electron chi connectivity index (χ1n) is 4.71. The number of ether oxygens (including phenoxy) is 2. The molecule has 2 rings (SSSR count).